The van der Waals surface area contributed by atoms with Crippen LogP contribution in [0.4, 0.5) is 4.39 Å². The maximum Gasteiger partial charge on any atom is 0.363 e. The van der Waals surface area contributed by atoms with Gasteiger partial charge in [-0.2, -0.15) is 0 Å². The standard InChI is InChI=1S/C18H14FNO4/c1-22-15-7-6-12(10-16(15)23-2)17-20-14(18(21)24-17)9-11-4-3-5-13(19)8-11/h3-10H,1-2H3/b14-9+. The van der Waals surface area contributed by atoms with Gasteiger partial charge < -0.3 is 14.2 Å². The van der Waals surface area contributed by atoms with E-state index in [1.807, 2.05) is 0 Å². The van der Waals surface area contributed by atoms with Crippen LogP contribution in [0, 0.1) is 5.82 Å². The third-order valence-electron chi connectivity index (χ3n) is 3.40. The monoisotopic (exact) mass is 327 g/mol. The zero-order valence-electron chi connectivity index (χ0n) is 13.1. The Morgan fingerprint density at radius 3 is 2.58 bits per heavy atom. The van der Waals surface area contributed by atoms with Crippen LogP contribution in [0.5, 0.6) is 11.5 Å². The molecule has 5 nitrogen and oxygen atoms in total. The smallest absolute Gasteiger partial charge is 0.363 e. The molecule has 0 bridgehead atoms. The number of carbonyl (C=O) groups excluding carboxylic acids is 1. The Morgan fingerprint density at radius 1 is 1.08 bits per heavy atom. The lowest BCUT2D eigenvalue weighted by Gasteiger charge is -2.08. The highest BCUT2D eigenvalue weighted by Gasteiger charge is 2.25. The molecule has 0 fully saturated rings. The molecular formula is C18H14FNO4. The molecule has 1 aliphatic heterocycles. The second-order valence-electron chi connectivity index (χ2n) is 4.96. The third-order valence-corrected chi connectivity index (χ3v) is 3.40. The molecule has 0 unspecified atom stereocenters. The average molecular weight is 327 g/mol. The van der Waals surface area contributed by atoms with Gasteiger partial charge in [0.05, 0.1) is 14.2 Å². The number of halogens is 1. The minimum Gasteiger partial charge on any atom is -0.493 e. The van der Waals surface area contributed by atoms with Crippen molar-refractivity contribution in [2.24, 2.45) is 4.99 Å². The van der Waals surface area contributed by atoms with E-state index < -0.39 is 5.97 Å². The lowest BCUT2D eigenvalue weighted by Crippen LogP contribution is -2.06. The summed E-state index contributed by atoms with van der Waals surface area (Å²) in [5.74, 6) is 0.227. The van der Waals surface area contributed by atoms with Crippen molar-refractivity contribution < 1.29 is 23.4 Å². The van der Waals surface area contributed by atoms with Gasteiger partial charge in [-0.1, -0.05) is 12.1 Å². The van der Waals surface area contributed by atoms with E-state index in [2.05, 4.69) is 4.99 Å². The molecule has 3 rings (SSSR count). The number of hydrogen-bond donors (Lipinski definition) is 0. The zero-order chi connectivity index (χ0) is 17.1. The van der Waals surface area contributed by atoms with Crippen LogP contribution in [-0.2, 0) is 9.53 Å². The molecule has 1 heterocycles. The van der Waals surface area contributed by atoms with E-state index >= 15 is 0 Å². The van der Waals surface area contributed by atoms with Crippen LogP contribution >= 0.6 is 0 Å². The molecule has 0 amide bonds. The normalized spacial score (nSPS) is 15.2. The maximum atomic E-state index is 13.2. The Kier molecular flexibility index (Phi) is 4.29. The quantitative estimate of drug-likeness (QED) is 0.639. The summed E-state index contributed by atoms with van der Waals surface area (Å²) in [4.78, 5) is 16.2. The molecular weight excluding hydrogens is 313 g/mol. The molecule has 0 atom stereocenters. The summed E-state index contributed by atoms with van der Waals surface area (Å²) in [6, 6.07) is 10.9. The molecule has 0 aromatic heterocycles. The number of hydrogen-bond acceptors (Lipinski definition) is 5. The van der Waals surface area contributed by atoms with Gasteiger partial charge in [0.1, 0.15) is 5.82 Å². The zero-order valence-corrected chi connectivity index (χ0v) is 13.1. The first-order valence-electron chi connectivity index (χ1n) is 7.11. The number of carbonyl (C=O) groups is 1. The van der Waals surface area contributed by atoms with Crippen LogP contribution < -0.4 is 9.47 Å². The lowest BCUT2D eigenvalue weighted by atomic mass is 10.2. The predicted octanol–water partition coefficient (Wildman–Crippen LogP) is 3.19. The molecule has 0 spiro atoms. The van der Waals surface area contributed by atoms with Crippen LogP contribution in [0.1, 0.15) is 11.1 Å². The number of cyclic esters (lactones) is 1. The Labute approximate surface area is 138 Å². The number of aliphatic imine (C=N–C) groups is 1. The molecule has 0 saturated heterocycles. The van der Waals surface area contributed by atoms with Gasteiger partial charge in [0.15, 0.2) is 17.2 Å². The van der Waals surface area contributed by atoms with Crippen LogP contribution in [0.3, 0.4) is 0 Å². The lowest BCUT2D eigenvalue weighted by molar-refractivity contribution is -0.129. The first-order chi connectivity index (χ1) is 11.6. The molecule has 6 heteroatoms. The third kappa shape index (κ3) is 3.12. The van der Waals surface area contributed by atoms with Crippen molar-refractivity contribution in [2.75, 3.05) is 14.2 Å². The van der Waals surface area contributed by atoms with Crippen molar-refractivity contribution in [1.82, 2.24) is 0 Å². The van der Waals surface area contributed by atoms with E-state index in [9.17, 15) is 9.18 Å². The first-order valence-corrected chi connectivity index (χ1v) is 7.11. The van der Waals surface area contributed by atoms with E-state index in [1.165, 1.54) is 32.4 Å². The Hall–Kier alpha value is -3.15. The largest absolute Gasteiger partial charge is 0.493 e. The fraction of sp³-hybridized carbons (Fsp3) is 0.111. The van der Waals surface area contributed by atoms with Gasteiger partial charge in [0.2, 0.25) is 5.90 Å². The highest BCUT2D eigenvalue weighted by atomic mass is 19.1. The molecule has 2 aromatic rings. The highest BCUT2D eigenvalue weighted by Crippen LogP contribution is 2.29. The molecule has 0 aliphatic carbocycles. The number of esters is 1. The molecule has 0 saturated carbocycles. The Morgan fingerprint density at radius 2 is 1.88 bits per heavy atom. The summed E-state index contributed by atoms with van der Waals surface area (Å²) in [5.41, 5.74) is 1.20. The average Bonchev–Trinajstić information content (AvgIpc) is 2.95. The second kappa shape index (κ2) is 6.54. The maximum absolute atomic E-state index is 13.2. The minimum absolute atomic E-state index is 0.102. The van der Waals surface area contributed by atoms with Crippen LogP contribution in [-0.4, -0.2) is 26.1 Å². The fourth-order valence-corrected chi connectivity index (χ4v) is 2.26. The van der Waals surface area contributed by atoms with E-state index in [0.717, 1.165) is 0 Å². The van der Waals surface area contributed by atoms with Crippen molar-refractivity contribution in [3.8, 4) is 11.5 Å². The molecule has 24 heavy (non-hydrogen) atoms. The number of methoxy groups -OCH3 is 2. The summed E-state index contributed by atoms with van der Waals surface area (Å²) < 4.78 is 28.8. The van der Waals surface area contributed by atoms with Gasteiger partial charge in [-0.15, -0.1) is 0 Å². The number of ether oxygens (including phenoxy) is 3. The Balaban J connectivity index is 1.94. The first kappa shape index (κ1) is 15.7. The summed E-state index contributed by atoms with van der Waals surface area (Å²) in [5, 5.41) is 0. The van der Waals surface area contributed by atoms with Crippen molar-refractivity contribution in [1.29, 1.82) is 0 Å². The molecule has 2 aromatic carbocycles. The topological polar surface area (TPSA) is 57.1 Å². The fourth-order valence-electron chi connectivity index (χ4n) is 2.26. The molecule has 0 radical (unpaired) electrons. The number of nitrogens with zero attached hydrogens (tertiary/aromatic N) is 1. The van der Waals surface area contributed by atoms with Gasteiger partial charge in [0, 0.05) is 5.56 Å². The van der Waals surface area contributed by atoms with Crippen molar-refractivity contribution in [2.45, 2.75) is 0 Å². The summed E-state index contributed by atoms with van der Waals surface area (Å²) >= 11 is 0. The van der Waals surface area contributed by atoms with Gasteiger partial charge >= 0.3 is 5.97 Å². The molecule has 1 aliphatic rings. The second-order valence-corrected chi connectivity index (χ2v) is 4.96. The minimum atomic E-state index is -0.593. The van der Waals surface area contributed by atoms with E-state index in [1.54, 1.807) is 30.3 Å². The van der Waals surface area contributed by atoms with Crippen molar-refractivity contribution in [3.05, 3.63) is 65.1 Å². The highest BCUT2D eigenvalue weighted by molar-refractivity contribution is 6.13. The van der Waals surface area contributed by atoms with E-state index in [0.29, 0.717) is 22.6 Å². The van der Waals surface area contributed by atoms with Crippen LogP contribution in [0.2, 0.25) is 0 Å². The predicted molar refractivity (Wildman–Crippen MR) is 86.6 cm³/mol. The van der Waals surface area contributed by atoms with Gasteiger partial charge in [-0.25, -0.2) is 14.2 Å². The molecule has 122 valence electrons. The van der Waals surface area contributed by atoms with Crippen LogP contribution in [0.25, 0.3) is 6.08 Å². The van der Waals surface area contributed by atoms with Crippen molar-refractivity contribution in [3.63, 3.8) is 0 Å². The summed E-state index contributed by atoms with van der Waals surface area (Å²) in [6.07, 6.45) is 1.47. The van der Waals surface area contributed by atoms with Gasteiger partial charge in [0.25, 0.3) is 0 Å². The van der Waals surface area contributed by atoms with Crippen LogP contribution in [0.15, 0.2) is 53.2 Å². The number of rotatable bonds is 4. The number of benzene rings is 2. The summed E-state index contributed by atoms with van der Waals surface area (Å²) in [6.45, 7) is 0. The van der Waals surface area contributed by atoms with Gasteiger partial charge in [-0.3, -0.25) is 0 Å². The summed E-state index contributed by atoms with van der Waals surface area (Å²) in [7, 11) is 3.05. The van der Waals surface area contributed by atoms with E-state index in [-0.39, 0.29) is 17.4 Å². The SMILES string of the molecule is COc1ccc(C2=N/C(=C/c3cccc(F)c3)C(=O)O2)cc1OC. The molecule has 0 N–H and O–H groups in total. The van der Waals surface area contributed by atoms with Gasteiger partial charge in [-0.05, 0) is 42.0 Å². The van der Waals surface area contributed by atoms with E-state index in [4.69, 9.17) is 14.2 Å². The Bertz CT molecular complexity index is 858. The van der Waals surface area contributed by atoms with Crippen molar-refractivity contribution >= 4 is 17.9 Å².